The Morgan fingerprint density at radius 2 is 1.01 bits per heavy atom. The lowest BCUT2D eigenvalue weighted by Gasteiger charge is -2.26. The van der Waals surface area contributed by atoms with Crippen molar-refractivity contribution in [1.29, 1.82) is 0 Å². The number of esters is 3. The first-order valence-electron chi connectivity index (χ1n) is 27.9. The smallest absolute Gasteiger partial charge is 0.407 e. The molecule has 4 atom stereocenters. The van der Waals surface area contributed by atoms with Crippen molar-refractivity contribution in [2.75, 3.05) is 13.1 Å². The van der Waals surface area contributed by atoms with Crippen LogP contribution in [0.15, 0.2) is 170 Å². The maximum absolute atomic E-state index is 13.5. The highest BCUT2D eigenvalue weighted by Gasteiger charge is 2.36. The normalized spacial score (nSPS) is 15.3. The Morgan fingerprint density at radius 1 is 0.549 bits per heavy atom. The third kappa shape index (κ3) is 23.3. The van der Waals surface area contributed by atoms with E-state index in [1.807, 2.05) is 154 Å². The minimum Gasteiger partial charge on any atom is -0.481 e. The van der Waals surface area contributed by atoms with Crippen LogP contribution in [-0.2, 0) is 69.0 Å². The third-order valence-corrected chi connectivity index (χ3v) is 13.2. The average molecular weight is 1140 g/mol. The van der Waals surface area contributed by atoms with E-state index in [2.05, 4.69) is 47.0 Å². The zero-order chi connectivity index (χ0) is 58.2. The molecule has 6 aromatic rings. The molecular weight excluding hydrogens is 1060 g/mol. The number of halogens is 1. The molecule has 0 saturated carbocycles. The molecular formula is C67H80ClN3O11. The summed E-state index contributed by atoms with van der Waals surface area (Å²) < 4.78 is 21.6. The molecule has 0 aliphatic carbocycles. The molecule has 2 aliphatic rings. The molecule has 3 N–H and O–H groups in total. The van der Waals surface area contributed by atoms with Crippen molar-refractivity contribution in [2.45, 2.75) is 142 Å². The van der Waals surface area contributed by atoms with Crippen LogP contribution in [0, 0.1) is 5.92 Å². The summed E-state index contributed by atoms with van der Waals surface area (Å²) in [5.74, 6) is -2.19. The molecule has 14 nitrogen and oxygen atoms in total. The van der Waals surface area contributed by atoms with Gasteiger partial charge in [-0.3, -0.25) is 19.2 Å². The molecule has 0 radical (unpaired) electrons. The van der Waals surface area contributed by atoms with Crippen molar-refractivity contribution in [3.8, 4) is 22.3 Å². The van der Waals surface area contributed by atoms with E-state index in [1.165, 1.54) is 0 Å². The number of hydrogen-bond acceptors (Lipinski definition) is 11. The first-order chi connectivity index (χ1) is 38.8. The molecule has 8 rings (SSSR count). The Kier molecular flexibility index (Phi) is 25.8. The van der Waals surface area contributed by atoms with Crippen LogP contribution in [0.1, 0.15) is 109 Å². The topological polar surface area (TPSA) is 187 Å². The minimum atomic E-state index is -0.966. The summed E-state index contributed by atoms with van der Waals surface area (Å²) in [7, 11) is 0. The molecule has 436 valence electrons. The number of ether oxygens (including phenoxy) is 4. The van der Waals surface area contributed by atoms with Gasteiger partial charge in [0.05, 0.1) is 6.42 Å². The Bertz CT molecular complexity index is 2910. The molecule has 0 spiro atoms. The average Bonchev–Trinajstić information content (AvgIpc) is 4.20. The first kappa shape index (κ1) is 65.0. The van der Waals surface area contributed by atoms with E-state index in [4.69, 9.17) is 24.1 Å². The van der Waals surface area contributed by atoms with Crippen LogP contribution in [0.4, 0.5) is 4.79 Å². The van der Waals surface area contributed by atoms with Crippen molar-refractivity contribution >= 4 is 48.3 Å². The predicted molar refractivity (Wildman–Crippen MR) is 321 cm³/mol. The molecule has 0 bridgehead atoms. The van der Waals surface area contributed by atoms with Crippen LogP contribution < -0.4 is 10.6 Å². The second-order valence-corrected chi connectivity index (χ2v) is 22.4. The number of aliphatic carboxylic acids is 1. The van der Waals surface area contributed by atoms with Gasteiger partial charge in [0.25, 0.3) is 0 Å². The summed E-state index contributed by atoms with van der Waals surface area (Å²) in [5, 5.41) is 14.9. The van der Waals surface area contributed by atoms with E-state index < -0.39 is 35.3 Å². The summed E-state index contributed by atoms with van der Waals surface area (Å²) >= 11 is 0. The van der Waals surface area contributed by atoms with E-state index in [0.717, 1.165) is 70.3 Å². The lowest BCUT2D eigenvalue weighted by molar-refractivity contribution is -0.157. The zero-order valence-electron chi connectivity index (χ0n) is 48.1. The lowest BCUT2D eigenvalue weighted by atomic mass is 9.91. The Morgan fingerprint density at radius 3 is 1.48 bits per heavy atom. The second-order valence-electron chi connectivity index (χ2n) is 22.4. The fraction of sp³-hybridized carbons (Fsp3) is 0.373. The zero-order valence-corrected chi connectivity index (χ0v) is 48.9. The monoisotopic (exact) mass is 1140 g/mol. The molecule has 0 unspecified atom stereocenters. The van der Waals surface area contributed by atoms with Crippen molar-refractivity contribution in [3.63, 3.8) is 0 Å². The first-order valence-corrected chi connectivity index (χ1v) is 27.9. The molecule has 2 aliphatic heterocycles. The number of carboxylic acids is 1. The van der Waals surface area contributed by atoms with Gasteiger partial charge in [-0.1, -0.05) is 170 Å². The van der Waals surface area contributed by atoms with Crippen LogP contribution in [-0.4, -0.2) is 88.3 Å². The van der Waals surface area contributed by atoms with Crippen molar-refractivity contribution in [1.82, 2.24) is 15.5 Å². The second kappa shape index (κ2) is 32.6. The molecule has 2 fully saturated rings. The van der Waals surface area contributed by atoms with Crippen LogP contribution in [0.3, 0.4) is 0 Å². The van der Waals surface area contributed by atoms with Gasteiger partial charge in [0, 0.05) is 25.4 Å². The minimum absolute atomic E-state index is 0. The molecule has 2 saturated heterocycles. The van der Waals surface area contributed by atoms with Crippen LogP contribution in [0.5, 0.6) is 0 Å². The predicted octanol–water partition coefficient (Wildman–Crippen LogP) is 12.5. The van der Waals surface area contributed by atoms with E-state index in [1.54, 1.807) is 25.7 Å². The van der Waals surface area contributed by atoms with Gasteiger partial charge in [0.15, 0.2) is 0 Å². The Balaban J connectivity index is 0.000000250. The summed E-state index contributed by atoms with van der Waals surface area (Å²) in [6, 6.07) is 54.3. The number of nitrogens with zero attached hydrogens (tertiary/aromatic N) is 1. The number of nitrogens with one attached hydrogen (secondary N) is 2. The Labute approximate surface area is 489 Å². The molecule has 15 heteroatoms. The molecule has 2 amide bonds. The van der Waals surface area contributed by atoms with Gasteiger partial charge in [0.1, 0.15) is 36.5 Å². The number of carbonyl (C=O) groups excluding carboxylic acids is 5. The summed E-state index contributed by atoms with van der Waals surface area (Å²) in [6.07, 6.45) is 3.76. The Hall–Kier alpha value is -7.81. The summed E-state index contributed by atoms with van der Waals surface area (Å²) in [5.41, 5.74) is 7.14. The number of benzene rings is 6. The van der Waals surface area contributed by atoms with Crippen LogP contribution in [0.2, 0.25) is 0 Å². The summed E-state index contributed by atoms with van der Waals surface area (Å²) in [6.45, 7) is 12.8. The molecule has 2 heterocycles. The number of likely N-dealkylation sites (tertiary alicyclic amines) is 1. The quantitative estimate of drug-likeness (QED) is 0.0515. The summed E-state index contributed by atoms with van der Waals surface area (Å²) in [4.78, 5) is 75.4. The number of alkyl carbamates (subject to hydrolysis) is 1. The highest BCUT2D eigenvalue weighted by Crippen LogP contribution is 2.27. The van der Waals surface area contributed by atoms with Gasteiger partial charge in [-0.15, -0.1) is 12.4 Å². The number of rotatable bonds is 19. The van der Waals surface area contributed by atoms with Gasteiger partial charge in [-0.2, -0.15) is 0 Å². The van der Waals surface area contributed by atoms with E-state index in [-0.39, 0.29) is 74.1 Å². The maximum Gasteiger partial charge on any atom is 0.407 e. The van der Waals surface area contributed by atoms with Gasteiger partial charge in [0.2, 0.25) is 5.91 Å². The number of carboxylic acid groups (broad SMARTS) is 1. The van der Waals surface area contributed by atoms with Crippen molar-refractivity contribution in [2.24, 2.45) is 5.92 Å². The van der Waals surface area contributed by atoms with E-state index in [0.29, 0.717) is 32.4 Å². The third-order valence-electron chi connectivity index (χ3n) is 13.2. The molecule has 6 aromatic carbocycles. The SMILES string of the molecule is CC(C)(C)OC(=O)C[C@H](CC(=O)N1CCC[C@H]1C(=O)OCc1ccccc1)Cc1ccc(-c2ccccc2)cc1.CC(C)(C)OC(=O)N[C@H](CC(=O)O)Cc1ccc(-c2ccccc2)cc1.Cl.O=C(OCc1ccccc1)[C@@H]1CCCN1. The molecule has 0 aromatic heterocycles. The largest absolute Gasteiger partial charge is 0.481 e. The number of hydrogen-bond donors (Lipinski definition) is 3. The molecule has 82 heavy (non-hydrogen) atoms. The highest BCUT2D eigenvalue weighted by atomic mass is 35.5. The number of amides is 2. The van der Waals surface area contributed by atoms with Gasteiger partial charge < -0.3 is 39.6 Å². The van der Waals surface area contributed by atoms with Gasteiger partial charge in [-0.25, -0.2) is 9.59 Å². The van der Waals surface area contributed by atoms with Gasteiger partial charge >= 0.3 is 30.0 Å². The van der Waals surface area contributed by atoms with Crippen LogP contribution >= 0.6 is 12.4 Å². The highest BCUT2D eigenvalue weighted by molar-refractivity contribution is 5.86. The van der Waals surface area contributed by atoms with Crippen LogP contribution in [0.25, 0.3) is 22.3 Å². The number of carbonyl (C=O) groups is 6. The lowest BCUT2D eigenvalue weighted by Crippen LogP contribution is -2.42. The maximum atomic E-state index is 13.5. The van der Waals surface area contributed by atoms with E-state index in [9.17, 15) is 28.8 Å². The van der Waals surface area contributed by atoms with Crippen molar-refractivity contribution < 1.29 is 52.8 Å². The van der Waals surface area contributed by atoms with Gasteiger partial charge in [-0.05, 0) is 137 Å². The van der Waals surface area contributed by atoms with E-state index >= 15 is 0 Å². The fourth-order valence-electron chi connectivity index (χ4n) is 9.45. The fourth-order valence-corrected chi connectivity index (χ4v) is 9.45. The standard InChI is InChI=1S/C34H39NO5.C21H25NO4.C12H15NO2.ClH/c1-34(2,3)40-32(37)23-27(21-25-16-18-29(19-17-25)28-13-8-5-9-14-28)22-31(36)35-20-10-15-30(35)33(38)39-24-26-11-6-4-7-12-26;1-21(2,3)26-20(25)22-18(14-19(23)24)13-15-9-11-17(12-10-15)16-7-5-4-6-8-16;14-12(11-7-4-8-13-11)15-9-10-5-2-1-3-6-10;/h4-9,11-14,16-19,27,30H,10,15,20-24H2,1-3H3;4-12,18H,13-14H2,1-3H3,(H,22,25)(H,23,24);1-3,5-6,11,13H,4,7-9H2;1H/t27-,30-;18-;11-;/m000./s1. The van der Waals surface area contributed by atoms with Crippen molar-refractivity contribution in [3.05, 3.63) is 192 Å².